The van der Waals surface area contributed by atoms with E-state index in [9.17, 15) is 4.79 Å². The lowest BCUT2D eigenvalue weighted by atomic mass is 10.3. The van der Waals surface area contributed by atoms with E-state index in [1.807, 2.05) is 0 Å². The molecule has 0 atom stereocenters. The van der Waals surface area contributed by atoms with Gasteiger partial charge in [-0.1, -0.05) is 0 Å². The smallest absolute Gasteiger partial charge is 0.162 e. The Bertz CT molecular complexity index is 323. The average molecular weight is 226 g/mol. The number of aromatic nitrogens is 2. The standard InChI is InChI=1S/C11H18N2O3/c1-10(14)11-8-12-13(9-11)4-7-16-6-3-5-15-2/h8-9H,3-7H2,1-2H3. The minimum Gasteiger partial charge on any atom is -0.385 e. The highest BCUT2D eigenvalue weighted by atomic mass is 16.5. The second-order valence-electron chi connectivity index (χ2n) is 3.51. The Kier molecular flexibility index (Phi) is 5.74. The minimum absolute atomic E-state index is 0.0345. The van der Waals surface area contributed by atoms with Crippen LogP contribution in [0.4, 0.5) is 0 Å². The van der Waals surface area contributed by atoms with Crippen molar-refractivity contribution in [1.29, 1.82) is 0 Å². The number of nitrogens with zero attached hydrogens (tertiary/aromatic N) is 2. The van der Waals surface area contributed by atoms with Crippen molar-refractivity contribution in [3.63, 3.8) is 0 Å². The topological polar surface area (TPSA) is 53.4 Å². The third-order valence-electron chi connectivity index (χ3n) is 2.14. The average Bonchev–Trinajstić information content (AvgIpc) is 2.72. The lowest BCUT2D eigenvalue weighted by Gasteiger charge is -2.03. The maximum atomic E-state index is 11.0. The van der Waals surface area contributed by atoms with Crippen LogP contribution in [-0.4, -0.2) is 42.5 Å². The molecule has 0 aliphatic heterocycles. The van der Waals surface area contributed by atoms with E-state index in [1.165, 1.54) is 6.92 Å². The zero-order chi connectivity index (χ0) is 11.8. The first-order valence-electron chi connectivity index (χ1n) is 5.34. The first kappa shape index (κ1) is 12.9. The fourth-order valence-corrected chi connectivity index (χ4v) is 1.23. The van der Waals surface area contributed by atoms with Crippen LogP contribution in [0.1, 0.15) is 23.7 Å². The molecule has 0 unspecified atom stereocenters. The fourth-order valence-electron chi connectivity index (χ4n) is 1.23. The van der Waals surface area contributed by atoms with Crippen molar-refractivity contribution >= 4 is 5.78 Å². The van der Waals surface area contributed by atoms with Crippen molar-refractivity contribution in [3.05, 3.63) is 18.0 Å². The number of ketones is 1. The molecule has 0 N–H and O–H groups in total. The van der Waals surface area contributed by atoms with Gasteiger partial charge in [-0.05, 0) is 13.3 Å². The normalized spacial score (nSPS) is 10.6. The van der Waals surface area contributed by atoms with Gasteiger partial charge in [-0.3, -0.25) is 9.48 Å². The fraction of sp³-hybridized carbons (Fsp3) is 0.636. The van der Waals surface area contributed by atoms with Gasteiger partial charge in [0.05, 0.1) is 24.9 Å². The monoisotopic (exact) mass is 226 g/mol. The molecule has 1 aromatic heterocycles. The number of ether oxygens (including phenoxy) is 2. The second kappa shape index (κ2) is 7.14. The summed E-state index contributed by atoms with van der Waals surface area (Å²) in [5.41, 5.74) is 0.638. The number of hydrogen-bond acceptors (Lipinski definition) is 4. The SMILES string of the molecule is COCCCOCCn1cc(C(C)=O)cn1. The van der Waals surface area contributed by atoms with Crippen LogP contribution in [0.5, 0.6) is 0 Å². The van der Waals surface area contributed by atoms with Gasteiger partial charge in [0.2, 0.25) is 0 Å². The maximum Gasteiger partial charge on any atom is 0.162 e. The molecule has 5 heteroatoms. The van der Waals surface area contributed by atoms with Crippen LogP contribution in [0.15, 0.2) is 12.4 Å². The van der Waals surface area contributed by atoms with Crippen LogP contribution in [0.25, 0.3) is 0 Å². The molecule has 1 rings (SSSR count). The molecule has 0 amide bonds. The highest BCUT2D eigenvalue weighted by molar-refractivity contribution is 5.93. The third-order valence-corrected chi connectivity index (χ3v) is 2.14. The van der Waals surface area contributed by atoms with Crippen molar-refractivity contribution < 1.29 is 14.3 Å². The summed E-state index contributed by atoms with van der Waals surface area (Å²) in [6.45, 7) is 4.20. The molecule has 0 radical (unpaired) electrons. The van der Waals surface area contributed by atoms with E-state index in [0.717, 1.165) is 13.0 Å². The van der Waals surface area contributed by atoms with Gasteiger partial charge in [0.1, 0.15) is 0 Å². The summed E-state index contributed by atoms with van der Waals surface area (Å²) >= 11 is 0. The Morgan fingerprint density at radius 2 is 2.25 bits per heavy atom. The molecule has 16 heavy (non-hydrogen) atoms. The molecule has 1 heterocycles. The van der Waals surface area contributed by atoms with Gasteiger partial charge >= 0.3 is 0 Å². The molecule has 5 nitrogen and oxygen atoms in total. The molecule has 0 aliphatic rings. The molecule has 0 bridgehead atoms. The van der Waals surface area contributed by atoms with E-state index in [1.54, 1.807) is 24.2 Å². The van der Waals surface area contributed by atoms with E-state index in [4.69, 9.17) is 9.47 Å². The lowest BCUT2D eigenvalue weighted by Crippen LogP contribution is -2.08. The largest absolute Gasteiger partial charge is 0.385 e. The Morgan fingerprint density at radius 3 is 2.88 bits per heavy atom. The lowest BCUT2D eigenvalue weighted by molar-refractivity contribution is 0.0959. The second-order valence-corrected chi connectivity index (χ2v) is 3.51. The number of carbonyl (C=O) groups excluding carboxylic acids is 1. The van der Waals surface area contributed by atoms with E-state index in [2.05, 4.69) is 5.10 Å². The first-order chi connectivity index (χ1) is 7.74. The van der Waals surface area contributed by atoms with Crippen LogP contribution < -0.4 is 0 Å². The number of rotatable bonds is 8. The third kappa shape index (κ3) is 4.55. The number of hydrogen-bond donors (Lipinski definition) is 0. The number of methoxy groups -OCH3 is 1. The molecular formula is C11H18N2O3. The van der Waals surface area contributed by atoms with Crippen molar-refractivity contribution in [1.82, 2.24) is 9.78 Å². The number of Topliss-reactive ketones (excluding diaryl/α,β-unsaturated/α-hetero) is 1. The van der Waals surface area contributed by atoms with Gasteiger partial charge in [0, 0.05) is 26.5 Å². The van der Waals surface area contributed by atoms with Gasteiger partial charge < -0.3 is 9.47 Å². The van der Waals surface area contributed by atoms with Gasteiger partial charge in [-0.25, -0.2) is 0 Å². The highest BCUT2D eigenvalue weighted by Crippen LogP contribution is 1.98. The van der Waals surface area contributed by atoms with Crippen LogP contribution in [0.2, 0.25) is 0 Å². The summed E-state index contributed by atoms with van der Waals surface area (Å²) in [5, 5.41) is 4.06. The van der Waals surface area contributed by atoms with Crippen LogP contribution in [0.3, 0.4) is 0 Å². The Hall–Kier alpha value is -1.20. The highest BCUT2D eigenvalue weighted by Gasteiger charge is 2.02. The van der Waals surface area contributed by atoms with Crippen LogP contribution in [0, 0.1) is 0 Å². The summed E-state index contributed by atoms with van der Waals surface area (Å²) in [6.07, 6.45) is 4.21. The Labute approximate surface area is 95.3 Å². The van der Waals surface area contributed by atoms with Gasteiger partial charge in [0.25, 0.3) is 0 Å². The zero-order valence-corrected chi connectivity index (χ0v) is 9.81. The summed E-state index contributed by atoms with van der Waals surface area (Å²) in [6, 6.07) is 0. The predicted octanol–water partition coefficient (Wildman–Crippen LogP) is 1.14. The van der Waals surface area contributed by atoms with Gasteiger partial charge in [-0.15, -0.1) is 0 Å². The molecular weight excluding hydrogens is 208 g/mol. The quantitative estimate of drug-likeness (QED) is 0.492. The van der Waals surface area contributed by atoms with Gasteiger partial charge in [-0.2, -0.15) is 5.10 Å². The van der Waals surface area contributed by atoms with Crippen LogP contribution >= 0.6 is 0 Å². The molecule has 1 aromatic rings. The van der Waals surface area contributed by atoms with E-state index >= 15 is 0 Å². The van der Waals surface area contributed by atoms with E-state index in [0.29, 0.717) is 25.3 Å². The Balaban J connectivity index is 2.14. The summed E-state index contributed by atoms with van der Waals surface area (Å²) in [5.74, 6) is 0.0345. The molecule has 0 spiro atoms. The summed E-state index contributed by atoms with van der Waals surface area (Å²) < 4.78 is 12.0. The van der Waals surface area contributed by atoms with Crippen molar-refractivity contribution in [2.75, 3.05) is 26.9 Å². The predicted molar refractivity (Wildman–Crippen MR) is 59.5 cm³/mol. The van der Waals surface area contributed by atoms with Crippen molar-refractivity contribution in [2.24, 2.45) is 0 Å². The molecule has 0 saturated heterocycles. The van der Waals surface area contributed by atoms with E-state index < -0.39 is 0 Å². The Morgan fingerprint density at radius 1 is 1.44 bits per heavy atom. The molecule has 0 fully saturated rings. The van der Waals surface area contributed by atoms with Crippen molar-refractivity contribution in [3.8, 4) is 0 Å². The minimum atomic E-state index is 0.0345. The summed E-state index contributed by atoms with van der Waals surface area (Å²) in [4.78, 5) is 11.0. The molecule has 0 aliphatic carbocycles. The van der Waals surface area contributed by atoms with Gasteiger partial charge in [0.15, 0.2) is 5.78 Å². The van der Waals surface area contributed by atoms with Crippen LogP contribution in [-0.2, 0) is 16.0 Å². The molecule has 0 saturated carbocycles. The zero-order valence-electron chi connectivity index (χ0n) is 9.81. The first-order valence-corrected chi connectivity index (χ1v) is 5.34. The summed E-state index contributed by atoms with van der Waals surface area (Å²) in [7, 11) is 1.67. The number of carbonyl (C=O) groups is 1. The van der Waals surface area contributed by atoms with E-state index in [-0.39, 0.29) is 5.78 Å². The molecule has 0 aromatic carbocycles. The maximum absolute atomic E-state index is 11.0. The van der Waals surface area contributed by atoms with Crippen molar-refractivity contribution in [2.45, 2.75) is 19.9 Å². The molecule has 90 valence electrons.